The zero-order valence-corrected chi connectivity index (χ0v) is 15.5. The lowest BCUT2D eigenvalue weighted by Crippen LogP contribution is -2.59. The van der Waals surface area contributed by atoms with E-state index in [0.29, 0.717) is 28.0 Å². The van der Waals surface area contributed by atoms with Gasteiger partial charge in [0.2, 0.25) is 0 Å². The Morgan fingerprint density at radius 1 is 1.24 bits per heavy atom. The highest BCUT2D eigenvalue weighted by Gasteiger charge is 2.38. The Hall–Kier alpha value is 0.0400. The summed E-state index contributed by atoms with van der Waals surface area (Å²) < 4.78 is 0.855. The fourth-order valence-corrected chi connectivity index (χ4v) is 4.10. The normalized spacial score (nSPS) is 26.5. The van der Waals surface area contributed by atoms with Crippen LogP contribution in [0.3, 0.4) is 0 Å². The second-order valence-corrected chi connectivity index (χ2v) is 8.12. The molecule has 1 saturated heterocycles. The Morgan fingerprint density at radius 2 is 1.95 bits per heavy atom. The SMILES string of the molecule is CC(C)C1CNC(C2CC2)CN1c1ccc(Br)c(Cl)c1Cl. The zero-order valence-electron chi connectivity index (χ0n) is 12.4. The first kappa shape index (κ1) is 15.9. The van der Waals surface area contributed by atoms with Crippen molar-refractivity contribution in [1.29, 1.82) is 0 Å². The molecule has 1 saturated carbocycles. The van der Waals surface area contributed by atoms with Crippen LogP contribution >= 0.6 is 39.1 Å². The van der Waals surface area contributed by atoms with E-state index in [1.807, 2.05) is 6.07 Å². The highest BCUT2D eigenvalue weighted by molar-refractivity contribution is 9.10. The van der Waals surface area contributed by atoms with E-state index >= 15 is 0 Å². The molecular weight excluding hydrogens is 371 g/mol. The molecule has 2 atom stereocenters. The van der Waals surface area contributed by atoms with Gasteiger partial charge in [-0.25, -0.2) is 0 Å². The molecule has 3 rings (SSSR count). The van der Waals surface area contributed by atoms with Gasteiger partial charge in [0, 0.05) is 29.6 Å². The van der Waals surface area contributed by atoms with Gasteiger partial charge in [-0.2, -0.15) is 0 Å². The van der Waals surface area contributed by atoms with Gasteiger partial charge in [-0.15, -0.1) is 0 Å². The average molecular weight is 392 g/mol. The summed E-state index contributed by atoms with van der Waals surface area (Å²) in [6.45, 7) is 6.57. The van der Waals surface area contributed by atoms with E-state index in [2.05, 4.69) is 46.1 Å². The number of halogens is 3. The number of piperazine rings is 1. The number of hydrogen-bond donors (Lipinski definition) is 1. The second kappa shape index (κ2) is 6.27. The van der Waals surface area contributed by atoms with Gasteiger partial charge < -0.3 is 10.2 Å². The highest BCUT2D eigenvalue weighted by Crippen LogP contribution is 2.41. The van der Waals surface area contributed by atoms with Gasteiger partial charge in [0.15, 0.2) is 0 Å². The number of anilines is 1. The van der Waals surface area contributed by atoms with E-state index in [-0.39, 0.29) is 0 Å². The lowest BCUT2D eigenvalue weighted by molar-refractivity contribution is 0.320. The molecule has 1 heterocycles. The molecule has 0 aromatic heterocycles. The van der Waals surface area contributed by atoms with Crippen LogP contribution in [0.1, 0.15) is 26.7 Å². The third kappa shape index (κ3) is 3.21. The summed E-state index contributed by atoms with van der Waals surface area (Å²) in [5, 5.41) is 5.00. The lowest BCUT2D eigenvalue weighted by atomic mass is 9.96. The van der Waals surface area contributed by atoms with Crippen LogP contribution in [-0.2, 0) is 0 Å². The quantitative estimate of drug-likeness (QED) is 0.731. The van der Waals surface area contributed by atoms with Gasteiger partial charge in [-0.3, -0.25) is 0 Å². The molecule has 5 heteroatoms. The molecule has 0 radical (unpaired) electrons. The minimum Gasteiger partial charge on any atom is -0.364 e. The Morgan fingerprint density at radius 3 is 2.57 bits per heavy atom. The third-order valence-corrected chi connectivity index (χ3v) is 6.43. The van der Waals surface area contributed by atoms with Gasteiger partial charge in [0.1, 0.15) is 0 Å². The van der Waals surface area contributed by atoms with E-state index < -0.39 is 0 Å². The van der Waals surface area contributed by atoms with Crippen molar-refractivity contribution in [3.8, 4) is 0 Å². The highest BCUT2D eigenvalue weighted by atomic mass is 79.9. The van der Waals surface area contributed by atoms with Gasteiger partial charge in [-0.05, 0) is 52.7 Å². The molecule has 116 valence electrons. The Kier molecular flexibility index (Phi) is 4.75. The van der Waals surface area contributed by atoms with E-state index in [1.54, 1.807) is 0 Å². The van der Waals surface area contributed by atoms with Crippen LogP contribution in [0.25, 0.3) is 0 Å². The molecule has 1 N–H and O–H groups in total. The molecule has 0 spiro atoms. The van der Waals surface area contributed by atoms with Gasteiger partial charge in [0.25, 0.3) is 0 Å². The van der Waals surface area contributed by atoms with Gasteiger partial charge >= 0.3 is 0 Å². The van der Waals surface area contributed by atoms with Crippen molar-refractivity contribution in [2.75, 3.05) is 18.0 Å². The molecule has 1 aliphatic heterocycles. The largest absolute Gasteiger partial charge is 0.364 e. The summed E-state index contributed by atoms with van der Waals surface area (Å²) in [6.07, 6.45) is 2.71. The number of nitrogens with zero attached hydrogens (tertiary/aromatic N) is 1. The van der Waals surface area contributed by atoms with Crippen LogP contribution in [0.5, 0.6) is 0 Å². The van der Waals surface area contributed by atoms with Crippen LogP contribution < -0.4 is 10.2 Å². The summed E-state index contributed by atoms with van der Waals surface area (Å²) in [5.41, 5.74) is 1.07. The smallest absolute Gasteiger partial charge is 0.0837 e. The van der Waals surface area contributed by atoms with Crippen molar-refractivity contribution in [1.82, 2.24) is 5.32 Å². The summed E-state index contributed by atoms with van der Waals surface area (Å²) in [5.74, 6) is 1.40. The van der Waals surface area contributed by atoms with Crippen molar-refractivity contribution in [2.24, 2.45) is 11.8 Å². The van der Waals surface area contributed by atoms with Crippen LogP contribution in [-0.4, -0.2) is 25.2 Å². The number of rotatable bonds is 3. The maximum atomic E-state index is 6.52. The summed E-state index contributed by atoms with van der Waals surface area (Å²) in [4.78, 5) is 2.46. The maximum Gasteiger partial charge on any atom is 0.0837 e. The van der Waals surface area contributed by atoms with Gasteiger partial charge in [0.05, 0.1) is 15.7 Å². The minimum absolute atomic E-state index is 0.453. The lowest BCUT2D eigenvalue weighted by Gasteiger charge is -2.44. The zero-order chi connectivity index (χ0) is 15.1. The predicted octanol–water partition coefficient (Wildman–Crippen LogP) is 4.97. The fourth-order valence-electron chi connectivity index (χ4n) is 3.22. The average Bonchev–Trinajstić information content (AvgIpc) is 3.29. The first-order valence-electron chi connectivity index (χ1n) is 7.62. The van der Waals surface area contributed by atoms with Crippen molar-refractivity contribution in [3.63, 3.8) is 0 Å². The molecule has 0 bridgehead atoms. The van der Waals surface area contributed by atoms with Crippen LogP contribution in [0.2, 0.25) is 10.0 Å². The molecule has 1 aromatic rings. The Balaban J connectivity index is 1.92. The molecule has 2 nitrogen and oxygen atoms in total. The number of nitrogens with one attached hydrogen (secondary N) is 1. The third-order valence-electron chi connectivity index (χ3n) is 4.67. The van der Waals surface area contributed by atoms with Crippen LogP contribution in [0, 0.1) is 11.8 Å². The summed E-state index contributed by atoms with van der Waals surface area (Å²) in [6, 6.07) is 5.12. The van der Waals surface area contributed by atoms with Crippen molar-refractivity contribution in [3.05, 3.63) is 26.7 Å². The van der Waals surface area contributed by atoms with E-state index in [4.69, 9.17) is 23.2 Å². The van der Waals surface area contributed by atoms with E-state index in [1.165, 1.54) is 12.8 Å². The molecular formula is C16H21BrCl2N2. The van der Waals surface area contributed by atoms with Crippen molar-refractivity contribution >= 4 is 44.8 Å². The predicted molar refractivity (Wildman–Crippen MR) is 94.6 cm³/mol. The molecule has 2 unspecified atom stereocenters. The molecule has 21 heavy (non-hydrogen) atoms. The van der Waals surface area contributed by atoms with Crippen LogP contribution in [0.15, 0.2) is 16.6 Å². The first-order valence-corrected chi connectivity index (χ1v) is 9.17. The minimum atomic E-state index is 0.453. The van der Waals surface area contributed by atoms with E-state index in [0.717, 1.165) is 29.2 Å². The second-order valence-electron chi connectivity index (χ2n) is 6.51. The fraction of sp³-hybridized carbons (Fsp3) is 0.625. The summed E-state index contributed by atoms with van der Waals surface area (Å²) >= 11 is 16.3. The van der Waals surface area contributed by atoms with E-state index in [9.17, 15) is 0 Å². The molecule has 2 fully saturated rings. The maximum absolute atomic E-state index is 6.52. The topological polar surface area (TPSA) is 15.3 Å². The van der Waals surface area contributed by atoms with Crippen LogP contribution in [0.4, 0.5) is 5.69 Å². The Labute approximate surface area is 145 Å². The molecule has 1 aliphatic carbocycles. The molecule has 0 amide bonds. The Bertz CT molecular complexity index is 531. The monoisotopic (exact) mass is 390 g/mol. The van der Waals surface area contributed by atoms with Gasteiger partial charge in [-0.1, -0.05) is 37.0 Å². The number of hydrogen-bond acceptors (Lipinski definition) is 2. The summed E-state index contributed by atoms with van der Waals surface area (Å²) in [7, 11) is 0. The molecule has 2 aliphatic rings. The molecule has 1 aromatic carbocycles. The van der Waals surface area contributed by atoms with Crippen molar-refractivity contribution in [2.45, 2.75) is 38.8 Å². The standard InChI is InChI=1S/C16H21BrCl2N2/c1-9(2)14-7-20-12(10-3-4-10)8-21(14)13-6-5-11(17)15(18)16(13)19/h5-6,9-10,12,14,20H,3-4,7-8H2,1-2H3. The van der Waals surface area contributed by atoms with Crippen molar-refractivity contribution < 1.29 is 0 Å². The first-order chi connectivity index (χ1) is 9.99. The number of benzene rings is 1.